The lowest BCUT2D eigenvalue weighted by Crippen LogP contribution is -2.43. The van der Waals surface area contributed by atoms with E-state index >= 15 is 0 Å². The molecule has 0 bridgehead atoms. The van der Waals surface area contributed by atoms with Crippen LogP contribution < -0.4 is 9.47 Å². The van der Waals surface area contributed by atoms with Gasteiger partial charge in [-0.05, 0) is 58.2 Å². The van der Waals surface area contributed by atoms with Crippen molar-refractivity contribution >= 4 is 15.9 Å². The summed E-state index contributed by atoms with van der Waals surface area (Å²) in [4.78, 5) is 4.80. The van der Waals surface area contributed by atoms with E-state index in [1.54, 1.807) is 7.11 Å². The van der Waals surface area contributed by atoms with Crippen LogP contribution in [0, 0.1) is 0 Å². The summed E-state index contributed by atoms with van der Waals surface area (Å²) in [5.74, 6) is 1.65. The molecule has 5 nitrogen and oxygen atoms in total. The van der Waals surface area contributed by atoms with E-state index in [0.29, 0.717) is 6.42 Å². The van der Waals surface area contributed by atoms with Crippen molar-refractivity contribution < 1.29 is 14.6 Å². The third-order valence-corrected chi connectivity index (χ3v) is 6.90. The minimum Gasteiger partial charge on any atom is -0.493 e. The minimum atomic E-state index is -0.438. The van der Waals surface area contributed by atoms with Crippen molar-refractivity contribution in [2.75, 3.05) is 40.8 Å². The van der Waals surface area contributed by atoms with Gasteiger partial charge in [0.2, 0.25) is 0 Å². The molecule has 3 aliphatic rings. The number of aliphatic hydroxyl groups is 1. The Morgan fingerprint density at radius 2 is 2.26 bits per heavy atom. The molecule has 2 heterocycles. The van der Waals surface area contributed by atoms with Crippen molar-refractivity contribution in [1.29, 1.82) is 0 Å². The van der Waals surface area contributed by atoms with E-state index in [2.05, 4.69) is 45.9 Å². The number of nitrogens with zero attached hydrogens (tertiary/aromatic N) is 2. The van der Waals surface area contributed by atoms with E-state index in [0.717, 1.165) is 55.0 Å². The molecular formula is C21H29BrN2O3. The molecule has 2 unspecified atom stereocenters. The molecule has 0 radical (unpaired) electrons. The Hall–Kier alpha value is -1.08. The fourth-order valence-electron chi connectivity index (χ4n) is 4.82. The molecule has 0 saturated carbocycles. The standard InChI is InChI=1S/C21H29BrN2O3/c1-23(2)8-4-9-24-10-7-21-6-5-14(25)11-18(21)27-20-17(26-3)12-16(22)15(13-24)19(20)21/h5-6,12,14,18,25H,4,7-11,13H2,1-3H3/t14-,18?,21?/m0/s1. The lowest BCUT2D eigenvalue weighted by atomic mass is 9.69. The summed E-state index contributed by atoms with van der Waals surface area (Å²) in [6, 6.07) is 2.03. The van der Waals surface area contributed by atoms with Gasteiger partial charge in [-0.15, -0.1) is 0 Å². The minimum absolute atomic E-state index is 0.0313. The number of methoxy groups -OCH3 is 1. The predicted octanol–water partition coefficient (Wildman–Crippen LogP) is 2.93. The Labute approximate surface area is 170 Å². The maximum atomic E-state index is 10.2. The van der Waals surface area contributed by atoms with Gasteiger partial charge in [0.1, 0.15) is 6.10 Å². The summed E-state index contributed by atoms with van der Waals surface area (Å²) in [7, 11) is 5.94. The molecule has 1 N–H and O–H groups in total. The first-order valence-corrected chi connectivity index (χ1v) is 10.5. The average molecular weight is 437 g/mol. The first-order valence-electron chi connectivity index (χ1n) is 9.75. The van der Waals surface area contributed by atoms with Gasteiger partial charge in [0, 0.05) is 23.0 Å². The average Bonchev–Trinajstić information content (AvgIpc) is 2.85. The highest BCUT2D eigenvalue weighted by Crippen LogP contribution is 2.57. The fraction of sp³-hybridized carbons (Fsp3) is 0.619. The van der Waals surface area contributed by atoms with Gasteiger partial charge in [-0.25, -0.2) is 0 Å². The van der Waals surface area contributed by atoms with Crippen LogP contribution in [0.5, 0.6) is 11.5 Å². The second-order valence-electron chi connectivity index (χ2n) is 8.24. The first-order chi connectivity index (χ1) is 12.9. The number of halogens is 1. The summed E-state index contributed by atoms with van der Waals surface area (Å²) in [5.41, 5.74) is 2.39. The number of benzene rings is 1. The van der Waals surface area contributed by atoms with Gasteiger partial charge >= 0.3 is 0 Å². The van der Waals surface area contributed by atoms with Crippen molar-refractivity contribution in [3.05, 3.63) is 33.8 Å². The molecule has 1 aliphatic carbocycles. The predicted molar refractivity (Wildman–Crippen MR) is 110 cm³/mol. The van der Waals surface area contributed by atoms with E-state index < -0.39 is 6.10 Å². The Bertz CT molecular complexity index is 751. The van der Waals surface area contributed by atoms with Gasteiger partial charge in [0.15, 0.2) is 11.5 Å². The summed E-state index contributed by atoms with van der Waals surface area (Å²) in [6.45, 7) is 4.12. The van der Waals surface area contributed by atoms with Crippen LogP contribution in [0.3, 0.4) is 0 Å². The van der Waals surface area contributed by atoms with Crippen LogP contribution in [-0.2, 0) is 12.0 Å². The zero-order valence-electron chi connectivity index (χ0n) is 16.4. The maximum Gasteiger partial charge on any atom is 0.166 e. The molecule has 1 aromatic carbocycles. The Morgan fingerprint density at radius 1 is 1.44 bits per heavy atom. The zero-order chi connectivity index (χ0) is 19.2. The van der Waals surface area contributed by atoms with Crippen molar-refractivity contribution in [2.24, 2.45) is 0 Å². The van der Waals surface area contributed by atoms with Crippen LogP contribution in [0.15, 0.2) is 22.7 Å². The number of hydrogen-bond acceptors (Lipinski definition) is 5. The first kappa shape index (κ1) is 19.2. The zero-order valence-corrected chi connectivity index (χ0v) is 18.0. The molecule has 0 amide bonds. The fourth-order valence-corrected chi connectivity index (χ4v) is 5.35. The molecule has 148 valence electrons. The molecule has 0 saturated heterocycles. The molecule has 1 aromatic rings. The van der Waals surface area contributed by atoms with E-state index in [-0.39, 0.29) is 11.5 Å². The van der Waals surface area contributed by atoms with Crippen molar-refractivity contribution in [1.82, 2.24) is 9.80 Å². The molecule has 1 spiro atoms. The van der Waals surface area contributed by atoms with Crippen molar-refractivity contribution in [3.63, 3.8) is 0 Å². The van der Waals surface area contributed by atoms with Gasteiger partial charge in [0.25, 0.3) is 0 Å². The lowest BCUT2D eigenvalue weighted by molar-refractivity contribution is 0.0808. The van der Waals surface area contributed by atoms with Gasteiger partial charge in [-0.1, -0.05) is 28.1 Å². The summed E-state index contributed by atoms with van der Waals surface area (Å²) < 4.78 is 13.1. The van der Waals surface area contributed by atoms with Gasteiger partial charge in [-0.2, -0.15) is 0 Å². The Kier molecular flexibility index (Phi) is 5.27. The molecule has 3 atom stereocenters. The highest BCUT2D eigenvalue weighted by Gasteiger charge is 2.53. The van der Waals surface area contributed by atoms with E-state index in [9.17, 15) is 5.11 Å². The van der Waals surface area contributed by atoms with E-state index in [1.165, 1.54) is 11.1 Å². The lowest BCUT2D eigenvalue weighted by Gasteiger charge is -2.36. The smallest absolute Gasteiger partial charge is 0.166 e. The van der Waals surface area contributed by atoms with Gasteiger partial charge < -0.3 is 19.5 Å². The molecule has 6 heteroatoms. The maximum absolute atomic E-state index is 10.2. The number of ether oxygens (including phenoxy) is 2. The quantitative estimate of drug-likeness (QED) is 0.718. The summed E-state index contributed by atoms with van der Waals surface area (Å²) in [5, 5.41) is 10.2. The van der Waals surface area contributed by atoms with Crippen LogP contribution in [0.25, 0.3) is 0 Å². The summed E-state index contributed by atoms with van der Waals surface area (Å²) >= 11 is 3.80. The molecule has 2 aliphatic heterocycles. The largest absolute Gasteiger partial charge is 0.493 e. The second-order valence-corrected chi connectivity index (χ2v) is 9.09. The topological polar surface area (TPSA) is 45.2 Å². The van der Waals surface area contributed by atoms with E-state index in [4.69, 9.17) is 9.47 Å². The number of rotatable bonds is 5. The van der Waals surface area contributed by atoms with Crippen LogP contribution in [0.1, 0.15) is 30.4 Å². The monoisotopic (exact) mass is 436 g/mol. The second kappa shape index (κ2) is 7.39. The highest BCUT2D eigenvalue weighted by molar-refractivity contribution is 9.10. The number of aliphatic hydroxyl groups excluding tert-OH is 1. The molecular weight excluding hydrogens is 408 g/mol. The van der Waals surface area contributed by atoms with E-state index in [1.807, 2.05) is 12.1 Å². The van der Waals surface area contributed by atoms with Crippen molar-refractivity contribution in [3.8, 4) is 11.5 Å². The van der Waals surface area contributed by atoms with Crippen LogP contribution in [0.4, 0.5) is 0 Å². The van der Waals surface area contributed by atoms with Crippen LogP contribution in [-0.4, -0.2) is 68.0 Å². The third-order valence-electron chi connectivity index (χ3n) is 6.19. The Morgan fingerprint density at radius 3 is 3.00 bits per heavy atom. The van der Waals surface area contributed by atoms with Crippen LogP contribution >= 0.6 is 15.9 Å². The summed E-state index contributed by atoms with van der Waals surface area (Å²) in [6.07, 6.45) is 6.48. The van der Waals surface area contributed by atoms with Crippen molar-refractivity contribution in [2.45, 2.75) is 43.4 Å². The number of hydrogen-bond donors (Lipinski definition) is 1. The molecule has 4 rings (SSSR count). The van der Waals surface area contributed by atoms with Gasteiger partial charge in [-0.3, -0.25) is 4.90 Å². The molecule has 0 aromatic heterocycles. The molecule has 0 fully saturated rings. The van der Waals surface area contributed by atoms with Crippen LogP contribution in [0.2, 0.25) is 0 Å². The third kappa shape index (κ3) is 3.31. The SMILES string of the molecule is COc1cc(Br)c2c3c1OC1C[C@@H](O)C=CC31CCN(CCCN(C)C)C2. The highest BCUT2D eigenvalue weighted by atomic mass is 79.9. The Balaban J connectivity index is 1.74. The molecule has 27 heavy (non-hydrogen) atoms. The van der Waals surface area contributed by atoms with Gasteiger partial charge in [0.05, 0.1) is 18.6 Å². The normalized spacial score (nSPS) is 29.3.